The van der Waals surface area contributed by atoms with Crippen molar-refractivity contribution in [2.45, 2.75) is 18.8 Å². The highest BCUT2D eigenvalue weighted by Crippen LogP contribution is 2.40. The summed E-state index contributed by atoms with van der Waals surface area (Å²) in [4.78, 5) is 13.5. The van der Waals surface area contributed by atoms with Gasteiger partial charge in [0.2, 0.25) is 11.8 Å². The van der Waals surface area contributed by atoms with E-state index in [9.17, 15) is 0 Å². The van der Waals surface area contributed by atoms with Crippen LogP contribution in [0.15, 0.2) is 60.8 Å². The molecule has 1 aliphatic carbocycles. The molecule has 1 aliphatic rings. The fourth-order valence-corrected chi connectivity index (χ4v) is 3.20. The minimum atomic E-state index is 0.487. The number of ether oxygens (including phenoxy) is 1. The number of hydrogen-bond acceptors (Lipinski definition) is 5. The maximum absolute atomic E-state index is 5.77. The summed E-state index contributed by atoms with van der Waals surface area (Å²) < 4.78 is 7.97. The number of rotatable bonds is 5. The smallest absolute Gasteiger partial charge is 0.230 e. The summed E-state index contributed by atoms with van der Waals surface area (Å²) in [5, 5.41) is 3.24. The van der Waals surface area contributed by atoms with Crippen molar-refractivity contribution in [3.8, 4) is 11.6 Å². The molecule has 2 aromatic heterocycles. The Morgan fingerprint density at radius 1 is 1.04 bits per heavy atom. The van der Waals surface area contributed by atoms with Crippen LogP contribution in [0.25, 0.3) is 11.0 Å². The zero-order valence-corrected chi connectivity index (χ0v) is 15.0. The Morgan fingerprint density at radius 2 is 1.89 bits per heavy atom. The monoisotopic (exact) mass is 357 g/mol. The zero-order valence-electron chi connectivity index (χ0n) is 15.0. The fraction of sp³-hybridized carbons (Fsp3) is 0.190. The van der Waals surface area contributed by atoms with E-state index in [1.807, 2.05) is 42.5 Å². The molecule has 1 N–H and O–H groups in total. The largest absolute Gasteiger partial charge is 0.439 e. The number of nitrogens with zero attached hydrogens (tertiary/aromatic N) is 4. The molecule has 1 saturated carbocycles. The van der Waals surface area contributed by atoms with E-state index in [4.69, 9.17) is 9.72 Å². The van der Waals surface area contributed by atoms with E-state index in [0.29, 0.717) is 17.7 Å². The van der Waals surface area contributed by atoms with Gasteiger partial charge >= 0.3 is 0 Å². The minimum Gasteiger partial charge on any atom is -0.439 e. The van der Waals surface area contributed by atoms with Gasteiger partial charge in [-0.2, -0.15) is 4.98 Å². The predicted molar refractivity (Wildman–Crippen MR) is 105 cm³/mol. The van der Waals surface area contributed by atoms with Crippen LogP contribution in [0.5, 0.6) is 11.6 Å². The highest BCUT2D eigenvalue weighted by atomic mass is 16.5. The van der Waals surface area contributed by atoms with Gasteiger partial charge in [-0.15, -0.1) is 0 Å². The van der Waals surface area contributed by atoms with Crippen LogP contribution >= 0.6 is 0 Å². The van der Waals surface area contributed by atoms with Crippen molar-refractivity contribution >= 4 is 22.7 Å². The molecule has 134 valence electrons. The van der Waals surface area contributed by atoms with E-state index < -0.39 is 0 Å². The Balaban J connectivity index is 1.39. The maximum atomic E-state index is 5.77. The number of nitrogens with one attached hydrogen (secondary N) is 1. The zero-order chi connectivity index (χ0) is 18.2. The molecule has 0 unspecified atom stereocenters. The average molecular weight is 357 g/mol. The number of aryl methyl sites for hydroxylation is 1. The highest BCUT2D eigenvalue weighted by molar-refractivity contribution is 5.81. The van der Waals surface area contributed by atoms with Gasteiger partial charge in [-0.05, 0) is 43.2 Å². The second-order valence-corrected chi connectivity index (χ2v) is 6.77. The van der Waals surface area contributed by atoms with Gasteiger partial charge in [0.15, 0.2) is 0 Å². The Bertz CT molecular complexity index is 1100. The Hall–Kier alpha value is -3.41. The normalized spacial score (nSPS) is 13.7. The molecule has 0 spiro atoms. The topological polar surface area (TPSA) is 64.9 Å². The molecule has 0 atom stereocenters. The van der Waals surface area contributed by atoms with Gasteiger partial charge in [0, 0.05) is 30.9 Å². The third kappa shape index (κ3) is 3.21. The number of imidazole rings is 1. The quantitative estimate of drug-likeness (QED) is 0.557. The highest BCUT2D eigenvalue weighted by Gasteiger charge is 2.28. The number of hydrogen-bond donors (Lipinski definition) is 1. The molecule has 2 aromatic carbocycles. The van der Waals surface area contributed by atoms with Crippen LogP contribution in [0.2, 0.25) is 0 Å². The van der Waals surface area contributed by atoms with Gasteiger partial charge < -0.3 is 14.6 Å². The summed E-state index contributed by atoms with van der Waals surface area (Å²) >= 11 is 0. The molecule has 1 fully saturated rings. The van der Waals surface area contributed by atoms with Crippen molar-refractivity contribution in [2.75, 3.05) is 5.32 Å². The molecule has 4 aromatic rings. The first kappa shape index (κ1) is 15.8. The van der Waals surface area contributed by atoms with E-state index in [2.05, 4.69) is 33.0 Å². The third-order valence-electron chi connectivity index (χ3n) is 4.71. The summed E-state index contributed by atoms with van der Waals surface area (Å²) in [6, 6.07) is 17.5. The standard InChI is InChI=1S/C21H19N5O/c1-26-18-10-9-15(13-17(18)24-20(26)14-7-8-14)23-21-22-12-11-19(25-21)27-16-5-3-2-4-6-16/h2-6,9-14H,7-8H2,1H3,(H,22,23,25). The maximum Gasteiger partial charge on any atom is 0.230 e. The van der Waals surface area contributed by atoms with Crippen LogP contribution in [0.1, 0.15) is 24.6 Å². The second-order valence-electron chi connectivity index (χ2n) is 6.77. The van der Waals surface area contributed by atoms with Gasteiger partial charge in [0.25, 0.3) is 0 Å². The first-order valence-corrected chi connectivity index (χ1v) is 9.05. The lowest BCUT2D eigenvalue weighted by Gasteiger charge is -2.08. The molecular weight excluding hydrogens is 338 g/mol. The third-order valence-corrected chi connectivity index (χ3v) is 4.71. The molecule has 5 rings (SSSR count). The van der Waals surface area contributed by atoms with Crippen molar-refractivity contribution in [1.29, 1.82) is 0 Å². The molecule has 6 heteroatoms. The molecule has 0 amide bonds. The van der Waals surface area contributed by atoms with Crippen molar-refractivity contribution in [3.05, 3.63) is 66.6 Å². The second kappa shape index (κ2) is 6.39. The molecule has 0 radical (unpaired) electrons. The minimum absolute atomic E-state index is 0.487. The number of aromatic nitrogens is 4. The van der Waals surface area contributed by atoms with E-state index in [1.54, 1.807) is 12.3 Å². The Morgan fingerprint density at radius 3 is 2.70 bits per heavy atom. The summed E-state index contributed by atoms with van der Waals surface area (Å²) in [6.07, 6.45) is 4.16. The lowest BCUT2D eigenvalue weighted by Crippen LogP contribution is -1.98. The number of anilines is 2. The van der Waals surface area contributed by atoms with Crippen LogP contribution in [0, 0.1) is 0 Å². The lowest BCUT2D eigenvalue weighted by atomic mass is 10.3. The summed E-state index contributed by atoms with van der Waals surface area (Å²) in [5.41, 5.74) is 3.03. The number of benzene rings is 2. The van der Waals surface area contributed by atoms with Crippen molar-refractivity contribution in [1.82, 2.24) is 19.5 Å². The van der Waals surface area contributed by atoms with Gasteiger partial charge in [-0.3, -0.25) is 0 Å². The molecule has 0 saturated heterocycles. The van der Waals surface area contributed by atoms with E-state index in [1.165, 1.54) is 18.7 Å². The van der Waals surface area contributed by atoms with Crippen molar-refractivity contribution in [2.24, 2.45) is 7.05 Å². The molecule has 27 heavy (non-hydrogen) atoms. The Labute approximate surface area is 156 Å². The van der Waals surface area contributed by atoms with E-state index in [0.717, 1.165) is 22.5 Å². The van der Waals surface area contributed by atoms with Crippen molar-refractivity contribution in [3.63, 3.8) is 0 Å². The molecular formula is C21H19N5O. The summed E-state index contributed by atoms with van der Waals surface area (Å²) in [6.45, 7) is 0. The average Bonchev–Trinajstić information content (AvgIpc) is 3.47. The molecule has 0 bridgehead atoms. The molecule has 6 nitrogen and oxygen atoms in total. The van der Waals surface area contributed by atoms with Gasteiger partial charge in [0.05, 0.1) is 11.0 Å². The van der Waals surface area contributed by atoms with E-state index >= 15 is 0 Å². The van der Waals surface area contributed by atoms with Crippen LogP contribution < -0.4 is 10.1 Å². The van der Waals surface area contributed by atoms with Crippen LogP contribution in [-0.2, 0) is 7.05 Å². The number of fused-ring (bicyclic) bond motifs is 1. The SMILES string of the molecule is Cn1c(C2CC2)nc2cc(Nc3nccc(Oc4ccccc4)n3)ccc21. The van der Waals surface area contributed by atoms with Crippen molar-refractivity contribution < 1.29 is 4.74 Å². The summed E-state index contributed by atoms with van der Waals surface area (Å²) in [5.74, 6) is 3.52. The molecule has 0 aliphatic heterocycles. The van der Waals surface area contributed by atoms with E-state index in [-0.39, 0.29) is 0 Å². The lowest BCUT2D eigenvalue weighted by molar-refractivity contribution is 0.462. The van der Waals surface area contributed by atoms with Crippen LogP contribution in [-0.4, -0.2) is 19.5 Å². The van der Waals surface area contributed by atoms with Gasteiger partial charge in [-0.1, -0.05) is 18.2 Å². The first-order chi connectivity index (χ1) is 13.3. The number of para-hydroxylation sites is 1. The van der Waals surface area contributed by atoms with Crippen LogP contribution in [0.3, 0.4) is 0 Å². The summed E-state index contributed by atoms with van der Waals surface area (Å²) in [7, 11) is 2.09. The first-order valence-electron chi connectivity index (χ1n) is 9.05. The predicted octanol–water partition coefficient (Wildman–Crippen LogP) is 4.78. The molecule has 2 heterocycles. The fourth-order valence-electron chi connectivity index (χ4n) is 3.20. The van der Waals surface area contributed by atoms with Gasteiger partial charge in [-0.25, -0.2) is 9.97 Å². The Kier molecular flexibility index (Phi) is 3.74. The van der Waals surface area contributed by atoms with Crippen LogP contribution in [0.4, 0.5) is 11.6 Å². The van der Waals surface area contributed by atoms with Gasteiger partial charge in [0.1, 0.15) is 11.6 Å².